The summed E-state index contributed by atoms with van der Waals surface area (Å²) in [5.74, 6) is 0.916. The Morgan fingerprint density at radius 3 is 2.48 bits per heavy atom. The zero-order valence-electron chi connectivity index (χ0n) is 16.7. The van der Waals surface area contributed by atoms with Gasteiger partial charge in [0.05, 0.1) is 11.4 Å². The van der Waals surface area contributed by atoms with Crippen molar-refractivity contribution in [2.24, 2.45) is 0 Å². The van der Waals surface area contributed by atoms with Crippen LogP contribution in [0.5, 0.6) is 11.5 Å². The van der Waals surface area contributed by atoms with E-state index in [4.69, 9.17) is 9.47 Å². The normalized spacial score (nSPS) is 15.3. The van der Waals surface area contributed by atoms with Crippen molar-refractivity contribution in [3.05, 3.63) is 90.0 Å². The lowest BCUT2D eigenvalue weighted by atomic mass is 10.2. The minimum atomic E-state index is -3.76. The van der Waals surface area contributed by atoms with Crippen LogP contribution >= 0.6 is 0 Å². The molecule has 0 fully saturated rings. The van der Waals surface area contributed by atoms with E-state index in [1.54, 1.807) is 18.2 Å². The van der Waals surface area contributed by atoms with Crippen LogP contribution in [0, 0.1) is 0 Å². The number of hydrogen-bond donors (Lipinski definition) is 2. The van der Waals surface area contributed by atoms with E-state index in [1.807, 2.05) is 48.5 Å². The highest BCUT2D eigenvalue weighted by atomic mass is 32.2. The van der Waals surface area contributed by atoms with Gasteiger partial charge < -0.3 is 14.8 Å². The van der Waals surface area contributed by atoms with Crippen molar-refractivity contribution < 1.29 is 22.7 Å². The number of carbonyl (C=O) groups excluding carboxylic acids is 1. The van der Waals surface area contributed by atoms with Crippen molar-refractivity contribution >= 4 is 15.9 Å². The zero-order valence-corrected chi connectivity index (χ0v) is 17.5. The number of carbonyl (C=O) groups is 1. The van der Waals surface area contributed by atoms with Gasteiger partial charge in [0, 0.05) is 12.1 Å². The molecule has 1 heterocycles. The molecule has 0 spiro atoms. The number of sulfonamides is 1. The van der Waals surface area contributed by atoms with Crippen molar-refractivity contribution in [2.75, 3.05) is 13.2 Å². The van der Waals surface area contributed by atoms with Gasteiger partial charge in [-0.25, -0.2) is 13.1 Å². The summed E-state index contributed by atoms with van der Waals surface area (Å²) in [6, 6.07) is 22.5. The third kappa shape index (κ3) is 5.22. The number of para-hydroxylation sites is 2. The van der Waals surface area contributed by atoms with Crippen LogP contribution in [0.3, 0.4) is 0 Å². The minimum Gasteiger partial charge on any atom is -0.486 e. The maximum atomic E-state index is 12.6. The van der Waals surface area contributed by atoms with E-state index in [0.717, 1.165) is 5.56 Å². The van der Waals surface area contributed by atoms with Crippen molar-refractivity contribution in [1.82, 2.24) is 10.0 Å². The fourth-order valence-corrected chi connectivity index (χ4v) is 4.20. The van der Waals surface area contributed by atoms with Gasteiger partial charge in [0.2, 0.25) is 10.0 Å². The molecule has 31 heavy (non-hydrogen) atoms. The van der Waals surface area contributed by atoms with Gasteiger partial charge in [-0.15, -0.1) is 0 Å². The smallest absolute Gasteiger partial charge is 0.251 e. The van der Waals surface area contributed by atoms with Crippen LogP contribution in [0.15, 0.2) is 83.8 Å². The van der Waals surface area contributed by atoms with E-state index < -0.39 is 10.0 Å². The molecule has 1 amide bonds. The average molecular weight is 439 g/mol. The van der Waals surface area contributed by atoms with E-state index in [2.05, 4.69) is 10.0 Å². The standard InChI is InChI=1S/C23H22N2O5S/c26-23(24-15-19-16-29-21-11-4-5-12-22(21)30-19)18-9-6-10-20(13-18)31(27,28)25-14-17-7-2-1-3-8-17/h1-13,19,25H,14-16H2,(H,24,26)/t19-/m0/s1. The monoisotopic (exact) mass is 438 g/mol. The predicted octanol–water partition coefficient (Wildman–Crippen LogP) is 2.73. The maximum Gasteiger partial charge on any atom is 0.251 e. The summed E-state index contributed by atoms with van der Waals surface area (Å²) in [6.45, 7) is 0.714. The lowest BCUT2D eigenvalue weighted by molar-refractivity contribution is 0.0789. The van der Waals surface area contributed by atoms with Gasteiger partial charge in [0.15, 0.2) is 11.5 Å². The van der Waals surface area contributed by atoms with E-state index in [0.29, 0.717) is 18.1 Å². The number of rotatable bonds is 7. The molecule has 3 aromatic rings. The lowest BCUT2D eigenvalue weighted by Crippen LogP contribution is -2.40. The Labute approximate surface area is 181 Å². The highest BCUT2D eigenvalue weighted by Gasteiger charge is 2.22. The van der Waals surface area contributed by atoms with Crippen LogP contribution in [-0.2, 0) is 16.6 Å². The van der Waals surface area contributed by atoms with Gasteiger partial charge in [0.1, 0.15) is 12.7 Å². The molecule has 4 rings (SSSR count). The summed E-state index contributed by atoms with van der Waals surface area (Å²) in [5.41, 5.74) is 1.09. The Balaban J connectivity index is 1.37. The summed E-state index contributed by atoms with van der Waals surface area (Å²) >= 11 is 0. The highest BCUT2D eigenvalue weighted by molar-refractivity contribution is 7.89. The molecule has 0 aliphatic carbocycles. The second-order valence-corrected chi connectivity index (χ2v) is 8.81. The van der Waals surface area contributed by atoms with Gasteiger partial charge in [-0.2, -0.15) is 0 Å². The number of ether oxygens (including phenoxy) is 2. The largest absolute Gasteiger partial charge is 0.486 e. The van der Waals surface area contributed by atoms with Crippen molar-refractivity contribution in [3.63, 3.8) is 0 Å². The van der Waals surface area contributed by atoms with E-state index in [-0.39, 0.29) is 35.6 Å². The first-order valence-corrected chi connectivity index (χ1v) is 11.3. The molecule has 1 aliphatic heterocycles. The molecule has 0 radical (unpaired) electrons. The number of fused-ring (bicyclic) bond motifs is 1. The molecule has 160 valence electrons. The molecule has 8 heteroatoms. The van der Waals surface area contributed by atoms with E-state index in [9.17, 15) is 13.2 Å². The summed E-state index contributed by atoms with van der Waals surface area (Å²) < 4.78 is 39.3. The molecule has 7 nitrogen and oxygen atoms in total. The number of hydrogen-bond acceptors (Lipinski definition) is 5. The van der Waals surface area contributed by atoms with Crippen LogP contribution < -0.4 is 19.5 Å². The Morgan fingerprint density at radius 2 is 1.68 bits per heavy atom. The molecule has 0 saturated carbocycles. The summed E-state index contributed by atoms with van der Waals surface area (Å²) in [5, 5.41) is 2.78. The van der Waals surface area contributed by atoms with Crippen LogP contribution in [0.25, 0.3) is 0 Å². The molecule has 0 unspecified atom stereocenters. The molecule has 0 bridgehead atoms. The molecule has 0 saturated heterocycles. The molecule has 0 aromatic heterocycles. The van der Waals surface area contributed by atoms with Crippen molar-refractivity contribution in [2.45, 2.75) is 17.5 Å². The third-order valence-corrected chi connectivity index (χ3v) is 6.17. The Bertz CT molecular complexity index is 1170. The van der Waals surface area contributed by atoms with Crippen LogP contribution in [-0.4, -0.2) is 33.6 Å². The van der Waals surface area contributed by atoms with Gasteiger partial charge in [-0.05, 0) is 35.9 Å². The SMILES string of the molecule is O=C(NC[C@H]1COc2ccccc2O1)c1cccc(S(=O)(=O)NCc2ccccc2)c1. The molecule has 1 atom stereocenters. The molecule has 1 aliphatic rings. The Kier molecular flexibility index (Phi) is 6.20. The fraction of sp³-hybridized carbons (Fsp3) is 0.174. The first kappa shape index (κ1) is 20.9. The first-order chi connectivity index (χ1) is 15.0. The Morgan fingerprint density at radius 1 is 0.935 bits per heavy atom. The molecular weight excluding hydrogens is 416 g/mol. The van der Waals surface area contributed by atoms with Crippen LogP contribution in [0.2, 0.25) is 0 Å². The second-order valence-electron chi connectivity index (χ2n) is 7.05. The number of amides is 1. The van der Waals surface area contributed by atoms with Gasteiger partial charge in [-0.3, -0.25) is 4.79 Å². The highest BCUT2D eigenvalue weighted by Crippen LogP contribution is 2.30. The summed E-state index contributed by atoms with van der Waals surface area (Å²) in [4.78, 5) is 12.6. The first-order valence-electron chi connectivity index (χ1n) is 9.81. The predicted molar refractivity (Wildman–Crippen MR) is 116 cm³/mol. The molecular formula is C23H22N2O5S. The van der Waals surface area contributed by atoms with E-state index >= 15 is 0 Å². The van der Waals surface area contributed by atoms with Crippen molar-refractivity contribution in [1.29, 1.82) is 0 Å². The lowest BCUT2D eigenvalue weighted by Gasteiger charge is -2.26. The third-order valence-electron chi connectivity index (χ3n) is 4.77. The minimum absolute atomic E-state index is 0.0299. The number of nitrogens with one attached hydrogen (secondary N) is 2. The van der Waals surface area contributed by atoms with Gasteiger partial charge in [0.25, 0.3) is 5.91 Å². The number of benzene rings is 3. The zero-order chi connectivity index (χ0) is 21.7. The molecule has 2 N–H and O–H groups in total. The summed E-state index contributed by atoms with van der Waals surface area (Å²) in [6.07, 6.45) is -0.335. The summed E-state index contributed by atoms with van der Waals surface area (Å²) in [7, 11) is -3.76. The Hall–Kier alpha value is -3.36. The van der Waals surface area contributed by atoms with E-state index in [1.165, 1.54) is 12.1 Å². The molecule has 3 aromatic carbocycles. The van der Waals surface area contributed by atoms with Crippen molar-refractivity contribution in [3.8, 4) is 11.5 Å². The van der Waals surface area contributed by atoms with Crippen LogP contribution in [0.1, 0.15) is 15.9 Å². The van der Waals surface area contributed by atoms with Gasteiger partial charge in [-0.1, -0.05) is 48.5 Å². The van der Waals surface area contributed by atoms with Crippen LogP contribution in [0.4, 0.5) is 0 Å². The quantitative estimate of drug-likeness (QED) is 0.592. The maximum absolute atomic E-state index is 12.6. The van der Waals surface area contributed by atoms with Gasteiger partial charge >= 0.3 is 0 Å². The fourth-order valence-electron chi connectivity index (χ4n) is 3.13. The second kappa shape index (κ2) is 9.20. The average Bonchev–Trinajstić information content (AvgIpc) is 2.82. The topological polar surface area (TPSA) is 93.7 Å².